The largest absolute Gasteiger partial charge is 0.491 e. The summed E-state index contributed by atoms with van der Waals surface area (Å²) < 4.78 is 17.4. The molecule has 0 fully saturated rings. The number of amides is 1. The highest BCUT2D eigenvalue weighted by Gasteiger charge is 2.28. The lowest BCUT2D eigenvalue weighted by Crippen LogP contribution is -2.23. The van der Waals surface area contributed by atoms with E-state index in [1.54, 1.807) is 0 Å². The molecule has 1 aliphatic heterocycles. The average molecular weight is 383 g/mol. The maximum absolute atomic E-state index is 12.3. The Bertz CT molecular complexity index is 816. The second kappa shape index (κ2) is 9.00. The number of anilines is 1. The van der Waals surface area contributed by atoms with Crippen LogP contribution in [0.2, 0.25) is 0 Å². The quantitative estimate of drug-likeness (QED) is 0.686. The fraction of sp³-hybridized carbons (Fsp3) is 0.435. The number of benzene rings is 2. The molecule has 0 aromatic heterocycles. The average Bonchev–Trinajstić information content (AvgIpc) is 2.69. The molecule has 0 saturated carbocycles. The third-order valence-electron chi connectivity index (χ3n) is 4.95. The Hall–Kier alpha value is -2.69. The van der Waals surface area contributed by atoms with Crippen molar-refractivity contribution >= 4 is 11.6 Å². The van der Waals surface area contributed by atoms with Crippen molar-refractivity contribution in [3.8, 4) is 17.2 Å². The monoisotopic (exact) mass is 383 g/mol. The highest BCUT2D eigenvalue weighted by molar-refractivity contribution is 5.96. The van der Waals surface area contributed by atoms with Crippen molar-refractivity contribution in [3.63, 3.8) is 0 Å². The molecule has 1 aliphatic rings. The molecule has 3 rings (SSSR count). The molecule has 5 heteroatoms. The van der Waals surface area contributed by atoms with Gasteiger partial charge >= 0.3 is 0 Å². The predicted octanol–water partition coefficient (Wildman–Crippen LogP) is 5.14. The standard InChI is InChI=1S/C23H29NO4/c1-5-15(4)28-17-10-8-16(9-11-17)18-13-23(25)24-20-14-22(27-7-3)21(26-6-2)12-19(18)20/h8-12,14-15,18H,5-7,13H2,1-4H3,(H,24,25)/t15-,18+/m1/s1. The lowest BCUT2D eigenvalue weighted by molar-refractivity contribution is -0.116. The van der Waals surface area contributed by atoms with Crippen LogP contribution in [-0.4, -0.2) is 25.2 Å². The Morgan fingerprint density at radius 3 is 2.29 bits per heavy atom. The minimum absolute atomic E-state index is 0.00374. The van der Waals surface area contributed by atoms with E-state index in [2.05, 4.69) is 19.2 Å². The van der Waals surface area contributed by atoms with E-state index >= 15 is 0 Å². The third-order valence-corrected chi connectivity index (χ3v) is 4.95. The highest BCUT2D eigenvalue weighted by atomic mass is 16.5. The van der Waals surface area contributed by atoms with Crippen LogP contribution in [0, 0.1) is 0 Å². The molecule has 5 nitrogen and oxygen atoms in total. The molecule has 2 aromatic rings. The van der Waals surface area contributed by atoms with Gasteiger partial charge in [-0.1, -0.05) is 19.1 Å². The van der Waals surface area contributed by atoms with Crippen LogP contribution in [0.15, 0.2) is 36.4 Å². The molecule has 150 valence electrons. The number of nitrogens with one attached hydrogen (secondary N) is 1. The van der Waals surface area contributed by atoms with Crippen LogP contribution in [-0.2, 0) is 4.79 Å². The molecular formula is C23H29NO4. The van der Waals surface area contributed by atoms with Gasteiger partial charge in [-0.05, 0) is 56.5 Å². The molecule has 1 N–H and O–H groups in total. The zero-order chi connectivity index (χ0) is 20.1. The van der Waals surface area contributed by atoms with Crippen LogP contribution in [0.3, 0.4) is 0 Å². The first kappa shape index (κ1) is 20.1. The molecule has 2 aromatic carbocycles. The summed E-state index contributed by atoms with van der Waals surface area (Å²) >= 11 is 0. The van der Waals surface area contributed by atoms with Gasteiger partial charge in [-0.2, -0.15) is 0 Å². The molecule has 0 bridgehead atoms. The number of rotatable bonds is 8. The number of carbonyl (C=O) groups excluding carboxylic acids is 1. The van der Waals surface area contributed by atoms with Crippen molar-refractivity contribution in [1.82, 2.24) is 0 Å². The first-order valence-electron chi connectivity index (χ1n) is 10.1. The summed E-state index contributed by atoms with van der Waals surface area (Å²) in [5, 5.41) is 2.97. The fourth-order valence-electron chi connectivity index (χ4n) is 3.40. The third kappa shape index (κ3) is 4.41. The summed E-state index contributed by atoms with van der Waals surface area (Å²) in [7, 11) is 0. The van der Waals surface area contributed by atoms with E-state index < -0.39 is 0 Å². The van der Waals surface area contributed by atoms with Crippen molar-refractivity contribution in [2.45, 2.75) is 52.6 Å². The van der Waals surface area contributed by atoms with Crippen molar-refractivity contribution in [2.24, 2.45) is 0 Å². The van der Waals surface area contributed by atoms with E-state index in [0.29, 0.717) is 31.1 Å². The summed E-state index contributed by atoms with van der Waals surface area (Å²) in [6.45, 7) is 9.12. The molecule has 1 amide bonds. The molecule has 28 heavy (non-hydrogen) atoms. The van der Waals surface area contributed by atoms with Gasteiger partial charge in [0.1, 0.15) is 5.75 Å². The summed E-state index contributed by atoms with van der Waals surface area (Å²) in [5.41, 5.74) is 2.91. The van der Waals surface area contributed by atoms with Gasteiger partial charge in [0.05, 0.1) is 19.3 Å². The van der Waals surface area contributed by atoms with E-state index in [1.165, 1.54) is 0 Å². The SMILES string of the molecule is CCOc1cc2c(cc1OCC)[C@H](c1ccc(O[C@H](C)CC)cc1)CC(=O)N2. The van der Waals surface area contributed by atoms with Crippen molar-refractivity contribution in [3.05, 3.63) is 47.5 Å². The first-order valence-corrected chi connectivity index (χ1v) is 10.1. The van der Waals surface area contributed by atoms with Gasteiger partial charge in [0, 0.05) is 24.1 Å². The van der Waals surface area contributed by atoms with Gasteiger partial charge in [-0.25, -0.2) is 0 Å². The van der Waals surface area contributed by atoms with Gasteiger partial charge in [-0.15, -0.1) is 0 Å². The maximum atomic E-state index is 12.3. The van der Waals surface area contributed by atoms with Crippen molar-refractivity contribution < 1.29 is 19.0 Å². The number of carbonyl (C=O) groups is 1. The Balaban J connectivity index is 1.95. The number of hydrogen-bond acceptors (Lipinski definition) is 4. The molecular weight excluding hydrogens is 354 g/mol. The fourth-order valence-corrected chi connectivity index (χ4v) is 3.40. The van der Waals surface area contributed by atoms with Crippen LogP contribution >= 0.6 is 0 Å². The zero-order valence-corrected chi connectivity index (χ0v) is 17.1. The smallest absolute Gasteiger partial charge is 0.225 e. The lowest BCUT2D eigenvalue weighted by Gasteiger charge is -2.28. The second-order valence-electron chi connectivity index (χ2n) is 6.96. The first-order chi connectivity index (χ1) is 13.5. The second-order valence-corrected chi connectivity index (χ2v) is 6.96. The van der Waals surface area contributed by atoms with Gasteiger partial charge < -0.3 is 19.5 Å². The normalized spacial score (nSPS) is 16.7. The van der Waals surface area contributed by atoms with Crippen LogP contribution in [0.1, 0.15) is 57.6 Å². The van der Waals surface area contributed by atoms with Gasteiger partial charge in [0.2, 0.25) is 5.91 Å². The Labute approximate surface area is 167 Å². The molecule has 0 radical (unpaired) electrons. The maximum Gasteiger partial charge on any atom is 0.225 e. The molecule has 0 aliphatic carbocycles. The van der Waals surface area contributed by atoms with Crippen molar-refractivity contribution in [1.29, 1.82) is 0 Å². The number of hydrogen-bond donors (Lipinski definition) is 1. The summed E-state index contributed by atoms with van der Waals surface area (Å²) in [4.78, 5) is 12.3. The van der Waals surface area contributed by atoms with Gasteiger partial charge in [-0.3, -0.25) is 4.79 Å². The van der Waals surface area contributed by atoms with E-state index in [4.69, 9.17) is 14.2 Å². The molecule has 0 unspecified atom stereocenters. The Kier molecular flexibility index (Phi) is 6.45. The Morgan fingerprint density at radius 1 is 1.04 bits per heavy atom. The van der Waals surface area contributed by atoms with E-state index in [1.807, 2.05) is 50.2 Å². The number of fused-ring (bicyclic) bond motifs is 1. The zero-order valence-electron chi connectivity index (χ0n) is 17.1. The minimum Gasteiger partial charge on any atom is -0.491 e. The van der Waals surface area contributed by atoms with Crippen LogP contribution in [0.4, 0.5) is 5.69 Å². The molecule has 0 saturated heterocycles. The number of ether oxygens (including phenoxy) is 3. The minimum atomic E-state index is -0.0312. The summed E-state index contributed by atoms with van der Waals surface area (Å²) in [6, 6.07) is 11.9. The van der Waals surface area contributed by atoms with E-state index in [9.17, 15) is 4.79 Å². The predicted molar refractivity (Wildman–Crippen MR) is 111 cm³/mol. The highest BCUT2D eigenvalue weighted by Crippen LogP contribution is 2.43. The van der Waals surface area contributed by atoms with E-state index in [0.717, 1.165) is 29.0 Å². The lowest BCUT2D eigenvalue weighted by atomic mass is 9.84. The molecule has 0 spiro atoms. The molecule has 1 heterocycles. The van der Waals surface area contributed by atoms with Crippen LogP contribution < -0.4 is 19.5 Å². The topological polar surface area (TPSA) is 56.8 Å². The van der Waals surface area contributed by atoms with Crippen LogP contribution in [0.5, 0.6) is 17.2 Å². The van der Waals surface area contributed by atoms with Gasteiger partial charge in [0.25, 0.3) is 0 Å². The Morgan fingerprint density at radius 2 is 1.68 bits per heavy atom. The summed E-state index contributed by atoms with van der Waals surface area (Å²) in [5.74, 6) is 2.18. The molecule has 2 atom stereocenters. The van der Waals surface area contributed by atoms with Gasteiger partial charge in [0.15, 0.2) is 11.5 Å². The van der Waals surface area contributed by atoms with Crippen molar-refractivity contribution in [2.75, 3.05) is 18.5 Å². The van der Waals surface area contributed by atoms with Crippen LogP contribution in [0.25, 0.3) is 0 Å². The van der Waals surface area contributed by atoms with E-state index in [-0.39, 0.29) is 17.9 Å². The summed E-state index contributed by atoms with van der Waals surface area (Å²) in [6.07, 6.45) is 1.54.